The minimum Gasteiger partial charge on any atom is -0.454 e. The van der Waals surface area contributed by atoms with Crippen molar-refractivity contribution in [2.75, 3.05) is 0 Å². The highest BCUT2D eigenvalue weighted by Crippen LogP contribution is 2.38. The van der Waals surface area contributed by atoms with Gasteiger partial charge in [0.15, 0.2) is 5.58 Å². The zero-order chi connectivity index (χ0) is 10.7. The molecule has 2 bridgehead atoms. The molecule has 1 aliphatic heterocycles. The number of rotatable bonds is 0. The van der Waals surface area contributed by atoms with E-state index in [9.17, 15) is 9.59 Å². The van der Waals surface area contributed by atoms with E-state index < -0.39 is 11.8 Å². The second-order valence-corrected chi connectivity index (χ2v) is 3.41. The third kappa shape index (κ3) is 0.690. The van der Waals surface area contributed by atoms with Crippen LogP contribution in [0.4, 0.5) is 0 Å². The van der Waals surface area contributed by atoms with Crippen LogP contribution in [-0.2, 0) is 0 Å². The van der Waals surface area contributed by atoms with Crippen molar-refractivity contribution in [3.63, 3.8) is 0 Å². The number of nitrogens with one attached hydrogen (secondary N) is 1. The van der Waals surface area contributed by atoms with E-state index in [2.05, 4.69) is 5.32 Å². The number of imide groups is 1. The summed E-state index contributed by atoms with van der Waals surface area (Å²) < 4.78 is 5.28. The fourth-order valence-electron chi connectivity index (χ4n) is 1.95. The van der Waals surface area contributed by atoms with Gasteiger partial charge in [-0.2, -0.15) is 5.26 Å². The van der Waals surface area contributed by atoms with Crippen molar-refractivity contribution in [3.05, 3.63) is 22.3 Å². The van der Waals surface area contributed by atoms with Crippen molar-refractivity contribution in [2.45, 2.75) is 6.92 Å². The number of benzene rings is 1. The van der Waals surface area contributed by atoms with E-state index in [-0.39, 0.29) is 16.7 Å². The monoisotopic (exact) mass is 200 g/mol. The first-order chi connectivity index (χ1) is 7.15. The molecule has 2 amide bonds. The average Bonchev–Trinajstić information content (AvgIpc) is 2.78. The number of nitriles is 1. The van der Waals surface area contributed by atoms with Gasteiger partial charge in [-0.15, -0.1) is 0 Å². The maximum atomic E-state index is 11.4. The molecule has 0 atom stereocenters. The summed E-state index contributed by atoms with van der Waals surface area (Å²) in [5.74, 6) is -0.934. The van der Waals surface area contributed by atoms with Gasteiger partial charge < -0.3 is 4.42 Å². The second kappa shape index (κ2) is 2.17. The summed E-state index contributed by atoms with van der Waals surface area (Å²) in [5, 5.41) is 11.0. The SMILES string of the molecule is Cc1c(C#N)c2oc1c1c2C(=O)NC1=O. The minimum absolute atomic E-state index is 0.206. The average molecular weight is 200 g/mol. The van der Waals surface area contributed by atoms with Crippen molar-refractivity contribution in [3.8, 4) is 6.07 Å². The van der Waals surface area contributed by atoms with Crippen LogP contribution in [0.3, 0.4) is 0 Å². The molecule has 15 heavy (non-hydrogen) atoms. The second-order valence-electron chi connectivity index (χ2n) is 3.41. The number of hydrogen-bond acceptors (Lipinski definition) is 4. The van der Waals surface area contributed by atoms with Crippen LogP contribution in [0.2, 0.25) is 0 Å². The summed E-state index contributed by atoms with van der Waals surface area (Å²) in [6.45, 7) is 1.70. The lowest BCUT2D eigenvalue weighted by atomic mass is 10.0. The van der Waals surface area contributed by atoms with Crippen LogP contribution in [0.1, 0.15) is 31.8 Å². The van der Waals surface area contributed by atoms with Crippen LogP contribution in [0.5, 0.6) is 0 Å². The number of aryl methyl sites for hydroxylation is 1. The Labute approximate surface area is 83.6 Å². The number of hydrogen-bond donors (Lipinski definition) is 1. The molecule has 5 heteroatoms. The maximum Gasteiger partial charge on any atom is 0.262 e. The largest absolute Gasteiger partial charge is 0.454 e. The van der Waals surface area contributed by atoms with E-state index in [1.807, 2.05) is 6.07 Å². The Hall–Kier alpha value is -2.35. The molecule has 0 saturated carbocycles. The molecule has 3 rings (SSSR count). The standard InChI is InChI=1S/C10H4N2O3/c1-3-4(2-11)8-6-5(7(3)15-8)9(13)12-10(6)14/h1H3,(H,12,13,14). The minimum atomic E-state index is -0.486. The van der Waals surface area contributed by atoms with E-state index in [0.29, 0.717) is 16.7 Å². The number of nitrogens with zero attached hydrogens (tertiary/aromatic N) is 1. The molecule has 72 valence electrons. The Balaban J connectivity index is 2.53. The summed E-state index contributed by atoms with van der Waals surface area (Å²) in [6, 6.07) is 1.96. The highest BCUT2D eigenvalue weighted by molar-refractivity contribution is 6.28. The quantitative estimate of drug-likeness (QED) is 0.641. The van der Waals surface area contributed by atoms with Crippen LogP contribution in [0, 0.1) is 18.3 Å². The predicted molar refractivity (Wildman–Crippen MR) is 48.6 cm³/mol. The molecule has 0 unspecified atom stereocenters. The summed E-state index contributed by atoms with van der Waals surface area (Å²) in [4.78, 5) is 22.8. The summed E-state index contributed by atoms with van der Waals surface area (Å²) in [7, 11) is 0. The van der Waals surface area contributed by atoms with Crippen LogP contribution >= 0.6 is 0 Å². The van der Waals surface area contributed by atoms with Crippen molar-refractivity contribution in [2.24, 2.45) is 0 Å². The van der Waals surface area contributed by atoms with Gasteiger partial charge in [-0.25, -0.2) is 0 Å². The van der Waals surface area contributed by atoms with Gasteiger partial charge in [0.05, 0.1) is 5.56 Å². The van der Waals surface area contributed by atoms with Gasteiger partial charge in [0.1, 0.15) is 22.8 Å². The Kier molecular flexibility index (Phi) is 1.16. The number of amides is 2. The van der Waals surface area contributed by atoms with Crippen molar-refractivity contribution >= 4 is 23.0 Å². The van der Waals surface area contributed by atoms with Gasteiger partial charge in [0.2, 0.25) is 0 Å². The first-order valence-electron chi connectivity index (χ1n) is 4.29. The van der Waals surface area contributed by atoms with Crippen molar-refractivity contribution in [1.29, 1.82) is 5.26 Å². The van der Waals surface area contributed by atoms with Crippen molar-refractivity contribution < 1.29 is 14.0 Å². The van der Waals surface area contributed by atoms with Crippen LogP contribution < -0.4 is 5.32 Å². The van der Waals surface area contributed by atoms with E-state index in [0.717, 1.165) is 0 Å². The fraction of sp³-hybridized carbons (Fsp3) is 0.100. The summed E-state index contributed by atoms with van der Waals surface area (Å²) >= 11 is 0. The number of fused-ring (bicyclic) bond motifs is 5. The molecular weight excluding hydrogens is 196 g/mol. The molecule has 0 fully saturated rings. The molecule has 0 saturated heterocycles. The van der Waals surface area contributed by atoms with Gasteiger partial charge in [0.25, 0.3) is 11.8 Å². The van der Waals surface area contributed by atoms with Gasteiger partial charge in [-0.3, -0.25) is 14.9 Å². The van der Waals surface area contributed by atoms with Crippen LogP contribution in [-0.4, -0.2) is 11.8 Å². The normalized spacial score (nSPS) is 14.4. The first-order valence-corrected chi connectivity index (χ1v) is 4.29. The molecule has 0 radical (unpaired) electrons. The molecule has 1 aliphatic rings. The third-order valence-corrected chi connectivity index (χ3v) is 2.64. The van der Waals surface area contributed by atoms with Gasteiger partial charge in [-0.1, -0.05) is 0 Å². The predicted octanol–water partition coefficient (Wildman–Crippen LogP) is 0.934. The zero-order valence-corrected chi connectivity index (χ0v) is 7.67. The van der Waals surface area contributed by atoms with E-state index in [4.69, 9.17) is 9.68 Å². The summed E-state index contributed by atoms with van der Waals surface area (Å²) in [6.07, 6.45) is 0. The molecule has 0 aliphatic carbocycles. The molecule has 2 aromatic rings. The molecule has 0 spiro atoms. The van der Waals surface area contributed by atoms with E-state index in [1.165, 1.54) is 0 Å². The van der Waals surface area contributed by atoms with Gasteiger partial charge in [-0.05, 0) is 6.92 Å². The third-order valence-electron chi connectivity index (χ3n) is 2.64. The summed E-state index contributed by atoms with van der Waals surface area (Å²) in [5.41, 5.74) is 2.01. The van der Waals surface area contributed by atoms with Gasteiger partial charge in [0, 0.05) is 5.56 Å². The lowest BCUT2D eigenvalue weighted by molar-refractivity contribution is 0.0879. The number of carbonyl (C=O) groups is 2. The van der Waals surface area contributed by atoms with Crippen LogP contribution in [0.25, 0.3) is 11.2 Å². The molecule has 0 aromatic carbocycles. The zero-order valence-electron chi connectivity index (χ0n) is 7.67. The van der Waals surface area contributed by atoms with Crippen molar-refractivity contribution in [1.82, 2.24) is 5.32 Å². The fourth-order valence-corrected chi connectivity index (χ4v) is 1.95. The number of furan rings is 2. The van der Waals surface area contributed by atoms with Gasteiger partial charge >= 0.3 is 0 Å². The lowest BCUT2D eigenvalue weighted by Gasteiger charge is -1.92. The lowest BCUT2D eigenvalue weighted by Crippen LogP contribution is -2.20. The Morgan fingerprint density at radius 2 is 1.80 bits per heavy atom. The topological polar surface area (TPSA) is 83.1 Å². The highest BCUT2D eigenvalue weighted by atomic mass is 16.3. The molecule has 2 aromatic heterocycles. The Bertz CT molecular complexity index is 660. The van der Waals surface area contributed by atoms with Crippen LogP contribution in [0.15, 0.2) is 4.42 Å². The highest BCUT2D eigenvalue weighted by Gasteiger charge is 2.38. The first kappa shape index (κ1) is 8.00. The maximum absolute atomic E-state index is 11.4. The molecular formula is C10H4N2O3. The Morgan fingerprint density at radius 1 is 1.20 bits per heavy atom. The molecule has 1 N–H and O–H groups in total. The smallest absolute Gasteiger partial charge is 0.262 e. The van der Waals surface area contributed by atoms with E-state index in [1.54, 1.807) is 6.92 Å². The molecule has 5 nitrogen and oxygen atoms in total. The Morgan fingerprint density at radius 3 is 2.40 bits per heavy atom. The van der Waals surface area contributed by atoms with E-state index >= 15 is 0 Å². The molecule has 3 heterocycles. The number of carbonyl (C=O) groups excluding carboxylic acids is 2.